The number of carboxylic acids is 1. The molecular formula is C13H11N5O3. The Morgan fingerprint density at radius 3 is 2.62 bits per heavy atom. The third-order valence-electron chi connectivity index (χ3n) is 2.74. The second kappa shape index (κ2) is 5.83. The van der Waals surface area contributed by atoms with E-state index in [9.17, 15) is 9.59 Å². The van der Waals surface area contributed by atoms with Crippen LogP contribution < -0.4 is 4.90 Å². The van der Waals surface area contributed by atoms with Crippen molar-refractivity contribution in [1.82, 2.24) is 15.0 Å². The van der Waals surface area contributed by atoms with Gasteiger partial charge in [0.25, 0.3) is 5.91 Å². The van der Waals surface area contributed by atoms with E-state index in [0.717, 1.165) is 4.68 Å². The molecule has 0 saturated heterocycles. The number of hydrogen-bond acceptors (Lipinski definition) is 5. The molecule has 0 fully saturated rings. The number of rotatable bonds is 4. The van der Waals surface area contributed by atoms with Crippen LogP contribution in [0.25, 0.3) is 0 Å². The number of carbonyl (C=O) groups excluding carboxylic acids is 1. The van der Waals surface area contributed by atoms with Gasteiger partial charge in [0, 0.05) is 12.7 Å². The van der Waals surface area contributed by atoms with Crippen LogP contribution in [0, 0.1) is 11.3 Å². The van der Waals surface area contributed by atoms with Gasteiger partial charge in [-0.2, -0.15) is 5.26 Å². The Balaban J connectivity index is 2.16. The lowest BCUT2D eigenvalue weighted by Gasteiger charge is -2.15. The number of amides is 1. The molecule has 1 aromatic heterocycles. The molecule has 0 spiro atoms. The van der Waals surface area contributed by atoms with Gasteiger partial charge in [0.15, 0.2) is 5.69 Å². The Morgan fingerprint density at radius 2 is 2.05 bits per heavy atom. The number of aliphatic carboxylic acids is 1. The van der Waals surface area contributed by atoms with E-state index in [-0.39, 0.29) is 12.2 Å². The Bertz CT molecular complexity index is 714. The Morgan fingerprint density at radius 1 is 1.38 bits per heavy atom. The Labute approximate surface area is 119 Å². The molecule has 0 aliphatic carbocycles. The van der Waals surface area contributed by atoms with Crippen molar-refractivity contribution in [3.05, 3.63) is 41.7 Å². The number of carboxylic acid groups (broad SMARTS) is 1. The second-order valence-electron chi connectivity index (χ2n) is 4.22. The van der Waals surface area contributed by atoms with E-state index in [4.69, 9.17) is 10.4 Å². The average Bonchev–Trinajstić information content (AvgIpc) is 2.93. The minimum Gasteiger partial charge on any atom is -0.480 e. The second-order valence-corrected chi connectivity index (χ2v) is 4.22. The Kier molecular flexibility index (Phi) is 3.95. The van der Waals surface area contributed by atoms with Gasteiger partial charge in [0.1, 0.15) is 6.54 Å². The predicted molar refractivity (Wildman–Crippen MR) is 71.5 cm³/mol. The van der Waals surface area contributed by atoms with E-state index >= 15 is 0 Å². The molecule has 106 valence electrons. The molecule has 0 atom stereocenters. The van der Waals surface area contributed by atoms with Crippen LogP contribution in [0.2, 0.25) is 0 Å². The zero-order chi connectivity index (χ0) is 15.4. The first-order valence-corrected chi connectivity index (χ1v) is 5.91. The first-order chi connectivity index (χ1) is 10.0. The third kappa shape index (κ3) is 3.22. The highest BCUT2D eigenvalue weighted by Gasteiger charge is 2.17. The summed E-state index contributed by atoms with van der Waals surface area (Å²) in [5.41, 5.74) is 1.13. The highest BCUT2D eigenvalue weighted by molar-refractivity contribution is 6.04. The summed E-state index contributed by atoms with van der Waals surface area (Å²) in [5, 5.41) is 24.6. The molecule has 2 aromatic rings. The van der Waals surface area contributed by atoms with Crippen LogP contribution in [0.1, 0.15) is 16.1 Å². The summed E-state index contributed by atoms with van der Waals surface area (Å²) in [6.45, 7) is -0.360. The van der Waals surface area contributed by atoms with Crippen molar-refractivity contribution in [3.63, 3.8) is 0 Å². The lowest BCUT2D eigenvalue weighted by molar-refractivity contribution is -0.137. The summed E-state index contributed by atoms with van der Waals surface area (Å²) in [6.07, 6.45) is 1.27. The van der Waals surface area contributed by atoms with Gasteiger partial charge in [-0.3, -0.25) is 9.59 Å². The molecular weight excluding hydrogens is 274 g/mol. The molecule has 0 bridgehead atoms. The van der Waals surface area contributed by atoms with Gasteiger partial charge >= 0.3 is 5.97 Å². The lowest BCUT2D eigenvalue weighted by Crippen LogP contribution is -2.26. The largest absolute Gasteiger partial charge is 0.480 e. The average molecular weight is 285 g/mol. The van der Waals surface area contributed by atoms with E-state index < -0.39 is 11.9 Å². The highest BCUT2D eigenvalue weighted by Crippen LogP contribution is 2.15. The first-order valence-electron chi connectivity index (χ1n) is 5.91. The molecule has 0 saturated carbocycles. The van der Waals surface area contributed by atoms with Crippen LogP contribution in [-0.2, 0) is 11.3 Å². The molecule has 1 amide bonds. The zero-order valence-electron chi connectivity index (χ0n) is 11.1. The van der Waals surface area contributed by atoms with E-state index in [1.54, 1.807) is 31.3 Å². The molecule has 1 N–H and O–H groups in total. The quantitative estimate of drug-likeness (QED) is 0.875. The maximum Gasteiger partial charge on any atom is 0.325 e. The number of nitrogens with zero attached hydrogens (tertiary/aromatic N) is 5. The van der Waals surface area contributed by atoms with Crippen molar-refractivity contribution in [2.75, 3.05) is 11.9 Å². The normalized spacial score (nSPS) is 9.90. The van der Waals surface area contributed by atoms with Gasteiger partial charge in [-0.15, -0.1) is 5.10 Å². The minimum atomic E-state index is -1.07. The lowest BCUT2D eigenvalue weighted by atomic mass is 10.2. The molecule has 21 heavy (non-hydrogen) atoms. The number of carbonyl (C=O) groups is 2. The zero-order valence-corrected chi connectivity index (χ0v) is 11.1. The summed E-state index contributed by atoms with van der Waals surface area (Å²) in [7, 11) is 1.56. The van der Waals surface area contributed by atoms with Crippen LogP contribution in [0.3, 0.4) is 0 Å². The number of aromatic nitrogens is 3. The van der Waals surface area contributed by atoms with Crippen LogP contribution in [0.4, 0.5) is 5.69 Å². The SMILES string of the molecule is CN(C(=O)c1cn(CC(=O)O)nn1)c1ccc(C#N)cc1. The molecule has 8 nitrogen and oxygen atoms in total. The van der Waals surface area contributed by atoms with Gasteiger partial charge in [0.05, 0.1) is 17.8 Å². The minimum absolute atomic E-state index is 0.0445. The summed E-state index contributed by atoms with van der Waals surface area (Å²) >= 11 is 0. The van der Waals surface area contributed by atoms with Gasteiger partial charge < -0.3 is 10.0 Å². The van der Waals surface area contributed by atoms with E-state index in [0.29, 0.717) is 11.3 Å². The number of anilines is 1. The predicted octanol–water partition coefficient (Wildman–Crippen LogP) is 0.511. The Hall–Kier alpha value is -3.21. The van der Waals surface area contributed by atoms with Crippen molar-refractivity contribution in [2.24, 2.45) is 0 Å². The summed E-state index contributed by atoms with van der Waals surface area (Å²) < 4.78 is 1.07. The topological polar surface area (TPSA) is 112 Å². The third-order valence-corrected chi connectivity index (χ3v) is 2.74. The van der Waals surface area contributed by atoms with E-state index in [2.05, 4.69) is 10.3 Å². The standard InChI is InChI=1S/C13H11N5O3/c1-17(10-4-2-9(6-14)3-5-10)13(21)11-7-18(16-15-11)8-12(19)20/h2-5,7H,8H2,1H3,(H,19,20). The van der Waals surface area contributed by atoms with Crippen LogP contribution in [0.5, 0.6) is 0 Å². The fourth-order valence-corrected chi connectivity index (χ4v) is 1.66. The molecule has 0 aliphatic heterocycles. The monoisotopic (exact) mass is 285 g/mol. The van der Waals surface area contributed by atoms with Crippen molar-refractivity contribution < 1.29 is 14.7 Å². The molecule has 1 aromatic carbocycles. The number of nitriles is 1. The summed E-state index contributed by atoms with van der Waals surface area (Å²) in [4.78, 5) is 24.1. The van der Waals surface area contributed by atoms with Crippen molar-refractivity contribution in [3.8, 4) is 6.07 Å². The maximum absolute atomic E-state index is 12.2. The van der Waals surface area contributed by atoms with Gasteiger partial charge in [-0.1, -0.05) is 5.21 Å². The number of hydrogen-bond donors (Lipinski definition) is 1. The van der Waals surface area contributed by atoms with Crippen LogP contribution >= 0.6 is 0 Å². The maximum atomic E-state index is 12.2. The van der Waals surface area contributed by atoms with Gasteiger partial charge in [0.2, 0.25) is 0 Å². The van der Waals surface area contributed by atoms with Crippen molar-refractivity contribution >= 4 is 17.6 Å². The molecule has 2 rings (SSSR count). The molecule has 0 radical (unpaired) electrons. The van der Waals surface area contributed by atoms with Crippen LogP contribution in [-0.4, -0.2) is 39.0 Å². The van der Waals surface area contributed by atoms with Crippen LogP contribution in [0.15, 0.2) is 30.5 Å². The van der Waals surface area contributed by atoms with Crippen molar-refractivity contribution in [2.45, 2.75) is 6.54 Å². The van der Waals surface area contributed by atoms with Crippen molar-refractivity contribution in [1.29, 1.82) is 5.26 Å². The molecule has 1 heterocycles. The fourth-order valence-electron chi connectivity index (χ4n) is 1.66. The molecule has 8 heteroatoms. The first kappa shape index (κ1) is 14.2. The fraction of sp³-hybridized carbons (Fsp3) is 0.154. The van der Waals surface area contributed by atoms with E-state index in [1.165, 1.54) is 11.1 Å². The van der Waals surface area contributed by atoms with Gasteiger partial charge in [-0.25, -0.2) is 4.68 Å². The molecule has 0 unspecified atom stereocenters. The number of benzene rings is 1. The summed E-state index contributed by atoms with van der Waals surface area (Å²) in [6, 6.07) is 8.46. The molecule has 0 aliphatic rings. The summed E-state index contributed by atoms with van der Waals surface area (Å²) in [5.74, 6) is -1.49. The van der Waals surface area contributed by atoms with E-state index in [1.807, 2.05) is 6.07 Å². The van der Waals surface area contributed by atoms with Gasteiger partial charge in [-0.05, 0) is 24.3 Å². The highest BCUT2D eigenvalue weighted by atomic mass is 16.4. The smallest absolute Gasteiger partial charge is 0.325 e.